The van der Waals surface area contributed by atoms with Crippen LogP contribution in [0, 0.1) is 0 Å². The number of hydrogen-bond donors (Lipinski definition) is 1. The van der Waals surface area contributed by atoms with E-state index in [0.29, 0.717) is 6.04 Å². The van der Waals surface area contributed by atoms with Crippen LogP contribution in [-0.2, 0) is 4.79 Å². The fourth-order valence-electron chi connectivity index (χ4n) is 1.70. The Morgan fingerprint density at radius 3 is 2.87 bits per heavy atom. The Bertz CT molecular complexity index is 204. The number of hydrogen-bond acceptors (Lipinski definition) is 3. The van der Waals surface area contributed by atoms with Gasteiger partial charge in [0.05, 0.1) is 6.04 Å². The lowest BCUT2D eigenvalue weighted by atomic mass is 10.1. The molecule has 1 heterocycles. The van der Waals surface area contributed by atoms with E-state index >= 15 is 0 Å². The summed E-state index contributed by atoms with van der Waals surface area (Å²) in [4.78, 5) is 13.8. The Morgan fingerprint density at radius 2 is 2.33 bits per heavy atom. The molecule has 0 aliphatic carbocycles. The summed E-state index contributed by atoms with van der Waals surface area (Å²) in [7, 11) is 0. The highest BCUT2D eigenvalue weighted by molar-refractivity contribution is 7.99. The zero-order valence-corrected chi connectivity index (χ0v) is 11.1. The molecule has 0 aromatic heterocycles. The molecule has 0 bridgehead atoms. The summed E-state index contributed by atoms with van der Waals surface area (Å²) in [6.07, 6.45) is 1.78. The first kappa shape index (κ1) is 15.1. The molecule has 2 atom stereocenters. The smallest absolute Gasteiger partial charge is 0.239 e. The SMILES string of the molecule is CCCC(N)C(=O)N1CCSCC1C.Cl. The van der Waals surface area contributed by atoms with E-state index in [1.807, 2.05) is 16.7 Å². The summed E-state index contributed by atoms with van der Waals surface area (Å²) in [5, 5.41) is 0. The van der Waals surface area contributed by atoms with Gasteiger partial charge in [-0.05, 0) is 13.3 Å². The standard InChI is InChI=1S/C10H20N2OS.ClH/c1-3-4-9(11)10(13)12-5-6-14-7-8(12)2;/h8-9H,3-7,11H2,1-2H3;1H. The second-order valence-electron chi connectivity index (χ2n) is 3.85. The third-order valence-corrected chi connectivity index (χ3v) is 3.76. The van der Waals surface area contributed by atoms with Crippen molar-refractivity contribution >= 4 is 30.1 Å². The molecular formula is C10H21ClN2OS. The van der Waals surface area contributed by atoms with E-state index in [2.05, 4.69) is 13.8 Å². The van der Waals surface area contributed by atoms with Crippen LogP contribution in [0.2, 0.25) is 0 Å². The zero-order valence-electron chi connectivity index (χ0n) is 9.44. The molecule has 1 fully saturated rings. The number of rotatable bonds is 3. The fourth-order valence-corrected chi connectivity index (χ4v) is 2.72. The first-order chi connectivity index (χ1) is 6.66. The van der Waals surface area contributed by atoms with Gasteiger partial charge in [-0.15, -0.1) is 12.4 Å². The third-order valence-electron chi connectivity index (χ3n) is 2.57. The van der Waals surface area contributed by atoms with Crippen LogP contribution in [0.15, 0.2) is 0 Å². The lowest BCUT2D eigenvalue weighted by Crippen LogP contribution is -2.51. The largest absolute Gasteiger partial charge is 0.337 e. The third kappa shape index (κ3) is 4.21. The molecule has 1 saturated heterocycles. The van der Waals surface area contributed by atoms with Crippen LogP contribution in [0.5, 0.6) is 0 Å². The highest BCUT2D eigenvalue weighted by Gasteiger charge is 2.26. The molecule has 2 N–H and O–H groups in total. The molecule has 0 saturated carbocycles. The van der Waals surface area contributed by atoms with E-state index in [1.54, 1.807) is 0 Å². The predicted molar refractivity (Wildman–Crippen MR) is 68.6 cm³/mol. The Balaban J connectivity index is 0.00000196. The Labute approximate surface area is 103 Å². The summed E-state index contributed by atoms with van der Waals surface area (Å²) in [5.74, 6) is 2.24. The average Bonchev–Trinajstić information content (AvgIpc) is 2.18. The van der Waals surface area contributed by atoms with Crippen molar-refractivity contribution in [2.75, 3.05) is 18.1 Å². The normalized spacial score (nSPS) is 23.1. The van der Waals surface area contributed by atoms with Gasteiger partial charge in [-0.1, -0.05) is 13.3 Å². The average molecular weight is 253 g/mol. The molecule has 1 rings (SSSR count). The molecule has 0 radical (unpaired) electrons. The summed E-state index contributed by atoms with van der Waals surface area (Å²) in [6.45, 7) is 5.02. The van der Waals surface area contributed by atoms with Gasteiger partial charge in [0, 0.05) is 24.1 Å². The minimum absolute atomic E-state index is 0. The summed E-state index contributed by atoms with van der Waals surface area (Å²) in [6, 6.07) is 0.0645. The number of carbonyl (C=O) groups excluding carboxylic acids is 1. The Hall–Kier alpha value is 0.0700. The number of nitrogens with zero attached hydrogens (tertiary/aromatic N) is 1. The van der Waals surface area contributed by atoms with Crippen LogP contribution in [-0.4, -0.2) is 40.9 Å². The maximum Gasteiger partial charge on any atom is 0.239 e. The van der Waals surface area contributed by atoms with Gasteiger partial charge in [-0.2, -0.15) is 11.8 Å². The zero-order chi connectivity index (χ0) is 10.6. The summed E-state index contributed by atoms with van der Waals surface area (Å²) in [5.41, 5.74) is 5.82. The number of carbonyl (C=O) groups is 1. The van der Waals surface area contributed by atoms with E-state index < -0.39 is 0 Å². The number of nitrogens with two attached hydrogens (primary N) is 1. The van der Waals surface area contributed by atoms with Crippen LogP contribution in [0.25, 0.3) is 0 Å². The lowest BCUT2D eigenvalue weighted by Gasteiger charge is -2.34. The molecule has 90 valence electrons. The summed E-state index contributed by atoms with van der Waals surface area (Å²) >= 11 is 1.91. The molecule has 1 amide bonds. The van der Waals surface area contributed by atoms with E-state index in [1.165, 1.54) is 0 Å². The molecule has 2 unspecified atom stereocenters. The monoisotopic (exact) mass is 252 g/mol. The highest BCUT2D eigenvalue weighted by Crippen LogP contribution is 2.17. The highest BCUT2D eigenvalue weighted by atomic mass is 35.5. The fraction of sp³-hybridized carbons (Fsp3) is 0.900. The first-order valence-electron chi connectivity index (χ1n) is 5.30. The number of amides is 1. The minimum Gasteiger partial charge on any atom is -0.337 e. The van der Waals surface area contributed by atoms with Crippen molar-refractivity contribution in [3.8, 4) is 0 Å². The number of halogens is 1. The van der Waals surface area contributed by atoms with Crippen molar-refractivity contribution in [3.63, 3.8) is 0 Å². The van der Waals surface area contributed by atoms with E-state index in [4.69, 9.17) is 5.73 Å². The second kappa shape index (κ2) is 7.36. The van der Waals surface area contributed by atoms with Gasteiger partial charge in [0.15, 0.2) is 0 Å². The van der Waals surface area contributed by atoms with Crippen LogP contribution >= 0.6 is 24.2 Å². The van der Waals surface area contributed by atoms with Crippen molar-refractivity contribution in [2.24, 2.45) is 5.73 Å². The van der Waals surface area contributed by atoms with Crippen LogP contribution in [0.1, 0.15) is 26.7 Å². The molecule has 1 aliphatic heterocycles. The Morgan fingerprint density at radius 1 is 1.67 bits per heavy atom. The van der Waals surface area contributed by atoms with E-state index in [-0.39, 0.29) is 24.4 Å². The maximum absolute atomic E-state index is 11.9. The molecule has 5 heteroatoms. The quantitative estimate of drug-likeness (QED) is 0.828. The van der Waals surface area contributed by atoms with Crippen molar-refractivity contribution in [1.82, 2.24) is 4.90 Å². The van der Waals surface area contributed by atoms with Gasteiger partial charge >= 0.3 is 0 Å². The summed E-state index contributed by atoms with van der Waals surface area (Å²) < 4.78 is 0. The topological polar surface area (TPSA) is 46.3 Å². The molecule has 1 aliphatic rings. The molecule has 0 aromatic rings. The lowest BCUT2D eigenvalue weighted by molar-refractivity contribution is -0.134. The van der Waals surface area contributed by atoms with Gasteiger partial charge in [0.2, 0.25) is 5.91 Å². The van der Waals surface area contributed by atoms with Crippen LogP contribution in [0.4, 0.5) is 0 Å². The van der Waals surface area contributed by atoms with E-state index in [9.17, 15) is 4.79 Å². The van der Waals surface area contributed by atoms with Crippen molar-refractivity contribution in [3.05, 3.63) is 0 Å². The minimum atomic E-state index is -0.287. The van der Waals surface area contributed by atoms with Crippen molar-refractivity contribution in [1.29, 1.82) is 0 Å². The maximum atomic E-state index is 11.9. The van der Waals surface area contributed by atoms with E-state index in [0.717, 1.165) is 30.9 Å². The first-order valence-corrected chi connectivity index (χ1v) is 6.46. The van der Waals surface area contributed by atoms with Crippen molar-refractivity contribution in [2.45, 2.75) is 38.8 Å². The van der Waals surface area contributed by atoms with Gasteiger partial charge in [0.1, 0.15) is 0 Å². The Kier molecular flexibility index (Phi) is 7.40. The molecule has 15 heavy (non-hydrogen) atoms. The van der Waals surface area contributed by atoms with Crippen LogP contribution in [0.3, 0.4) is 0 Å². The molecule has 3 nitrogen and oxygen atoms in total. The number of thioether (sulfide) groups is 1. The van der Waals surface area contributed by atoms with Gasteiger partial charge in [-0.3, -0.25) is 4.79 Å². The van der Waals surface area contributed by atoms with Gasteiger partial charge < -0.3 is 10.6 Å². The van der Waals surface area contributed by atoms with Gasteiger partial charge in [-0.25, -0.2) is 0 Å². The van der Waals surface area contributed by atoms with Crippen molar-refractivity contribution < 1.29 is 4.79 Å². The van der Waals surface area contributed by atoms with Crippen LogP contribution < -0.4 is 5.73 Å². The molecule has 0 aromatic carbocycles. The second-order valence-corrected chi connectivity index (χ2v) is 5.00. The predicted octanol–water partition coefficient (Wildman–Crippen LogP) is 1.50. The molecular weight excluding hydrogens is 232 g/mol. The van der Waals surface area contributed by atoms with Gasteiger partial charge in [0.25, 0.3) is 0 Å². The molecule has 0 spiro atoms.